The van der Waals surface area contributed by atoms with Gasteiger partial charge in [0, 0.05) is 56.1 Å². The van der Waals surface area contributed by atoms with E-state index in [0.717, 1.165) is 61.0 Å². The Morgan fingerprint density at radius 1 is 1.14 bits per heavy atom. The molecule has 1 aliphatic heterocycles. The number of nitrogens with zero attached hydrogens (tertiary/aromatic N) is 5. The number of aryl methyl sites for hydroxylation is 2. The molecule has 3 heterocycles. The zero-order chi connectivity index (χ0) is 20.2. The monoisotopic (exact) mass is 391 g/mol. The molecule has 4 rings (SSSR count). The molecule has 0 aliphatic carbocycles. The molecule has 1 amide bonds. The summed E-state index contributed by atoms with van der Waals surface area (Å²) in [5, 5.41) is 8.37. The number of carbonyl (C=O) groups excluding carboxylic acids is 1. The first-order valence-electron chi connectivity index (χ1n) is 9.81. The van der Waals surface area contributed by atoms with E-state index in [1.54, 1.807) is 17.0 Å². The molecular formula is C22H25N5O2. The van der Waals surface area contributed by atoms with E-state index in [2.05, 4.69) is 15.2 Å². The molecule has 7 heteroatoms. The number of carbonyl (C=O) groups is 1. The Bertz CT molecular complexity index is 978. The van der Waals surface area contributed by atoms with Crippen molar-refractivity contribution in [2.75, 3.05) is 26.2 Å². The Morgan fingerprint density at radius 2 is 1.90 bits per heavy atom. The van der Waals surface area contributed by atoms with Crippen LogP contribution >= 0.6 is 0 Å². The Morgan fingerprint density at radius 3 is 2.59 bits per heavy atom. The fourth-order valence-electron chi connectivity index (χ4n) is 3.50. The Balaban J connectivity index is 1.30. The van der Waals surface area contributed by atoms with Crippen LogP contribution in [-0.4, -0.2) is 56.8 Å². The van der Waals surface area contributed by atoms with Gasteiger partial charge in [0.1, 0.15) is 5.76 Å². The maximum absolute atomic E-state index is 12.5. The van der Waals surface area contributed by atoms with Gasteiger partial charge < -0.3 is 9.42 Å². The van der Waals surface area contributed by atoms with E-state index in [0.29, 0.717) is 0 Å². The highest BCUT2D eigenvalue weighted by Crippen LogP contribution is 2.16. The van der Waals surface area contributed by atoms with Crippen LogP contribution in [0.2, 0.25) is 0 Å². The predicted molar refractivity (Wildman–Crippen MR) is 110 cm³/mol. The van der Waals surface area contributed by atoms with E-state index in [4.69, 9.17) is 4.52 Å². The highest BCUT2D eigenvalue weighted by atomic mass is 16.5. The lowest BCUT2D eigenvalue weighted by Gasteiger charge is -2.34. The zero-order valence-electron chi connectivity index (χ0n) is 16.8. The predicted octanol–water partition coefficient (Wildman–Crippen LogP) is 2.83. The first-order valence-corrected chi connectivity index (χ1v) is 9.81. The summed E-state index contributed by atoms with van der Waals surface area (Å²) in [6, 6.07) is 9.91. The van der Waals surface area contributed by atoms with Gasteiger partial charge in [0.05, 0.1) is 17.6 Å². The summed E-state index contributed by atoms with van der Waals surface area (Å²) in [6.45, 7) is 7.85. The molecule has 0 spiro atoms. The van der Waals surface area contributed by atoms with Gasteiger partial charge in [-0.05, 0) is 32.1 Å². The van der Waals surface area contributed by atoms with E-state index in [-0.39, 0.29) is 5.91 Å². The van der Waals surface area contributed by atoms with Crippen LogP contribution in [0.15, 0.2) is 53.3 Å². The van der Waals surface area contributed by atoms with Crippen molar-refractivity contribution in [1.29, 1.82) is 0 Å². The van der Waals surface area contributed by atoms with Crippen LogP contribution < -0.4 is 0 Å². The number of benzene rings is 1. The van der Waals surface area contributed by atoms with Crippen LogP contribution in [0.3, 0.4) is 0 Å². The topological polar surface area (TPSA) is 67.4 Å². The molecule has 3 aromatic rings. The lowest BCUT2D eigenvalue weighted by Crippen LogP contribution is -2.47. The van der Waals surface area contributed by atoms with Gasteiger partial charge in [0.15, 0.2) is 0 Å². The normalized spacial score (nSPS) is 15.3. The second-order valence-electron chi connectivity index (χ2n) is 7.29. The fraction of sp³-hybridized carbons (Fsp3) is 0.318. The molecule has 29 heavy (non-hydrogen) atoms. The second kappa shape index (κ2) is 8.45. The summed E-state index contributed by atoms with van der Waals surface area (Å²) < 4.78 is 7.05. The van der Waals surface area contributed by atoms with Crippen LogP contribution in [0.5, 0.6) is 0 Å². The van der Waals surface area contributed by atoms with Gasteiger partial charge >= 0.3 is 0 Å². The molecule has 0 radical (unpaired) electrons. The minimum absolute atomic E-state index is 0.0365. The van der Waals surface area contributed by atoms with Crippen LogP contribution in [-0.2, 0) is 11.3 Å². The molecule has 1 fully saturated rings. The van der Waals surface area contributed by atoms with Crippen LogP contribution in [0.4, 0.5) is 0 Å². The number of piperazine rings is 1. The summed E-state index contributed by atoms with van der Waals surface area (Å²) >= 11 is 0. The molecule has 7 nitrogen and oxygen atoms in total. The van der Waals surface area contributed by atoms with Gasteiger partial charge in [0.25, 0.3) is 0 Å². The number of hydrogen-bond acceptors (Lipinski definition) is 5. The van der Waals surface area contributed by atoms with E-state index in [1.165, 1.54) is 0 Å². The zero-order valence-corrected chi connectivity index (χ0v) is 16.8. The first-order chi connectivity index (χ1) is 14.1. The highest BCUT2D eigenvalue weighted by molar-refractivity contribution is 5.91. The van der Waals surface area contributed by atoms with E-state index >= 15 is 0 Å². The lowest BCUT2D eigenvalue weighted by molar-refractivity contribution is -0.127. The Kier molecular flexibility index (Phi) is 5.57. The van der Waals surface area contributed by atoms with Crippen molar-refractivity contribution in [1.82, 2.24) is 24.7 Å². The summed E-state index contributed by atoms with van der Waals surface area (Å²) in [4.78, 5) is 16.8. The number of aromatic nitrogens is 3. The standard InChI is InChI=1S/C22H25N5O2/c1-17-21(18(2)29-24-17)16-25-10-12-26(13-11-25)22(28)9-8-19-14-23-27(15-19)20-6-4-3-5-7-20/h3-9,14-15H,10-13,16H2,1-2H3/b9-8+. The van der Waals surface area contributed by atoms with Gasteiger partial charge in [-0.1, -0.05) is 23.4 Å². The van der Waals surface area contributed by atoms with E-state index < -0.39 is 0 Å². The van der Waals surface area contributed by atoms with Crippen molar-refractivity contribution in [3.05, 3.63) is 71.4 Å². The SMILES string of the molecule is Cc1noc(C)c1CN1CCN(C(=O)/C=C/c2cnn(-c3ccccc3)c2)CC1. The first kappa shape index (κ1) is 19.1. The third kappa shape index (κ3) is 4.46. The summed E-state index contributed by atoms with van der Waals surface area (Å²) in [6.07, 6.45) is 7.14. The molecule has 0 atom stereocenters. The van der Waals surface area contributed by atoms with Crippen molar-refractivity contribution in [2.45, 2.75) is 20.4 Å². The molecule has 2 aromatic heterocycles. The van der Waals surface area contributed by atoms with Gasteiger partial charge in [-0.25, -0.2) is 4.68 Å². The maximum atomic E-state index is 12.5. The van der Waals surface area contributed by atoms with Crippen LogP contribution in [0.25, 0.3) is 11.8 Å². The molecule has 0 bridgehead atoms. The summed E-state index contributed by atoms with van der Waals surface area (Å²) in [5.41, 5.74) is 3.99. The highest BCUT2D eigenvalue weighted by Gasteiger charge is 2.21. The molecule has 1 aliphatic rings. The van der Waals surface area contributed by atoms with Crippen molar-refractivity contribution in [3.8, 4) is 5.69 Å². The van der Waals surface area contributed by atoms with Crippen LogP contribution in [0.1, 0.15) is 22.6 Å². The van der Waals surface area contributed by atoms with E-state index in [9.17, 15) is 4.79 Å². The van der Waals surface area contributed by atoms with Gasteiger partial charge in [-0.15, -0.1) is 0 Å². The number of amides is 1. The minimum atomic E-state index is 0.0365. The molecule has 1 aromatic carbocycles. The minimum Gasteiger partial charge on any atom is -0.361 e. The average Bonchev–Trinajstić information content (AvgIpc) is 3.35. The van der Waals surface area contributed by atoms with Crippen molar-refractivity contribution in [3.63, 3.8) is 0 Å². The molecule has 1 saturated heterocycles. The third-order valence-corrected chi connectivity index (χ3v) is 5.29. The lowest BCUT2D eigenvalue weighted by atomic mass is 10.1. The Labute approximate surface area is 170 Å². The molecule has 150 valence electrons. The van der Waals surface area contributed by atoms with Gasteiger partial charge in [0.2, 0.25) is 5.91 Å². The molecule has 0 N–H and O–H groups in total. The molecular weight excluding hydrogens is 366 g/mol. The number of para-hydroxylation sites is 1. The summed E-state index contributed by atoms with van der Waals surface area (Å²) in [5.74, 6) is 0.912. The summed E-state index contributed by atoms with van der Waals surface area (Å²) in [7, 11) is 0. The number of hydrogen-bond donors (Lipinski definition) is 0. The smallest absolute Gasteiger partial charge is 0.246 e. The second-order valence-corrected chi connectivity index (χ2v) is 7.29. The van der Waals surface area contributed by atoms with Gasteiger partial charge in [-0.3, -0.25) is 9.69 Å². The largest absolute Gasteiger partial charge is 0.361 e. The van der Waals surface area contributed by atoms with Crippen molar-refractivity contribution < 1.29 is 9.32 Å². The quantitative estimate of drug-likeness (QED) is 0.626. The van der Waals surface area contributed by atoms with Crippen molar-refractivity contribution in [2.24, 2.45) is 0 Å². The van der Waals surface area contributed by atoms with Gasteiger partial charge in [-0.2, -0.15) is 5.10 Å². The fourth-order valence-corrected chi connectivity index (χ4v) is 3.50. The molecule has 0 saturated carbocycles. The van der Waals surface area contributed by atoms with Crippen molar-refractivity contribution >= 4 is 12.0 Å². The Hall–Kier alpha value is -3.19. The molecule has 0 unspecified atom stereocenters. The van der Waals surface area contributed by atoms with Crippen LogP contribution in [0, 0.1) is 13.8 Å². The van der Waals surface area contributed by atoms with E-state index in [1.807, 2.05) is 61.4 Å². The maximum Gasteiger partial charge on any atom is 0.246 e. The average molecular weight is 391 g/mol. The number of rotatable bonds is 5. The third-order valence-electron chi connectivity index (χ3n) is 5.29.